The SMILES string of the molecule is COc1ccc(N2CCN(C(=O)Cc3ccn(C)c3)CC2)cc1. The highest BCUT2D eigenvalue weighted by Crippen LogP contribution is 2.20. The lowest BCUT2D eigenvalue weighted by Gasteiger charge is -2.36. The molecule has 0 bridgehead atoms. The number of amides is 1. The number of nitrogens with zero attached hydrogens (tertiary/aromatic N) is 3. The first kappa shape index (κ1) is 15.5. The quantitative estimate of drug-likeness (QED) is 0.865. The Morgan fingerprint density at radius 3 is 2.35 bits per heavy atom. The first-order valence-corrected chi connectivity index (χ1v) is 7.93. The second kappa shape index (κ2) is 6.77. The summed E-state index contributed by atoms with van der Waals surface area (Å²) in [4.78, 5) is 16.7. The van der Waals surface area contributed by atoms with Crippen molar-refractivity contribution >= 4 is 11.6 Å². The third kappa shape index (κ3) is 3.67. The number of rotatable bonds is 4. The van der Waals surface area contributed by atoms with Crippen molar-refractivity contribution in [2.45, 2.75) is 6.42 Å². The van der Waals surface area contributed by atoms with E-state index in [1.165, 1.54) is 5.69 Å². The molecule has 122 valence electrons. The van der Waals surface area contributed by atoms with Crippen molar-refractivity contribution in [3.05, 3.63) is 48.3 Å². The number of methoxy groups -OCH3 is 1. The van der Waals surface area contributed by atoms with Gasteiger partial charge in [-0.3, -0.25) is 4.79 Å². The zero-order valence-electron chi connectivity index (χ0n) is 13.7. The molecule has 0 saturated carbocycles. The highest BCUT2D eigenvalue weighted by Gasteiger charge is 2.21. The molecule has 1 amide bonds. The highest BCUT2D eigenvalue weighted by molar-refractivity contribution is 5.79. The molecular formula is C18H23N3O2. The highest BCUT2D eigenvalue weighted by atomic mass is 16.5. The van der Waals surface area contributed by atoms with Gasteiger partial charge in [-0.05, 0) is 35.9 Å². The zero-order chi connectivity index (χ0) is 16.2. The Balaban J connectivity index is 1.54. The van der Waals surface area contributed by atoms with Crippen LogP contribution in [0.25, 0.3) is 0 Å². The molecule has 0 atom stereocenters. The lowest BCUT2D eigenvalue weighted by atomic mass is 10.2. The van der Waals surface area contributed by atoms with Crippen LogP contribution >= 0.6 is 0 Å². The average Bonchev–Trinajstić information content (AvgIpc) is 3.00. The van der Waals surface area contributed by atoms with Crippen molar-refractivity contribution in [3.8, 4) is 5.75 Å². The van der Waals surface area contributed by atoms with Crippen LogP contribution in [0, 0.1) is 0 Å². The summed E-state index contributed by atoms with van der Waals surface area (Å²) in [5.74, 6) is 1.08. The monoisotopic (exact) mass is 313 g/mol. The maximum absolute atomic E-state index is 12.4. The second-order valence-corrected chi connectivity index (χ2v) is 5.93. The van der Waals surface area contributed by atoms with Crippen molar-refractivity contribution in [3.63, 3.8) is 0 Å². The topological polar surface area (TPSA) is 37.7 Å². The van der Waals surface area contributed by atoms with Crippen LogP contribution in [0.3, 0.4) is 0 Å². The van der Waals surface area contributed by atoms with Crippen LogP contribution in [0.5, 0.6) is 5.75 Å². The average molecular weight is 313 g/mol. The molecule has 0 N–H and O–H groups in total. The smallest absolute Gasteiger partial charge is 0.227 e. The number of piperazine rings is 1. The maximum Gasteiger partial charge on any atom is 0.227 e. The first-order chi connectivity index (χ1) is 11.2. The molecule has 5 heteroatoms. The molecule has 1 fully saturated rings. The van der Waals surface area contributed by atoms with Gasteiger partial charge in [0.2, 0.25) is 5.91 Å². The Morgan fingerprint density at radius 2 is 1.78 bits per heavy atom. The minimum atomic E-state index is 0.214. The molecule has 1 saturated heterocycles. The van der Waals surface area contributed by atoms with Crippen LogP contribution < -0.4 is 9.64 Å². The van der Waals surface area contributed by atoms with Crippen molar-refractivity contribution < 1.29 is 9.53 Å². The van der Waals surface area contributed by atoms with Gasteiger partial charge in [-0.25, -0.2) is 0 Å². The van der Waals surface area contributed by atoms with E-state index in [-0.39, 0.29) is 5.91 Å². The predicted octanol–water partition coefficient (Wildman–Crippen LogP) is 1.92. The fourth-order valence-corrected chi connectivity index (χ4v) is 2.96. The molecule has 0 radical (unpaired) electrons. The summed E-state index contributed by atoms with van der Waals surface area (Å²) in [7, 11) is 3.65. The summed E-state index contributed by atoms with van der Waals surface area (Å²) < 4.78 is 7.17. The summed E-state index contributed by atoms with van der Waals surface area (Å²) >= 11 is 0. The molecule has 1 aliphatic heterocycles. The molecule has 2 heterocycles. The number of ether oxygens (including phenoxy) is 1. The van der Waals surface area contributed by atoms with Gasteiger partial charge in [0.1, 0.15) is 5.75 Å². The summed E-state index contributed by atoms with van der Waals surface area (Å²) in [5.41, 5.74) is 2.26. The number of aryl methyl sites for hydroxylation is 1. The fourth-order valence-electron chi connectivity index (χ4n) is 2.96. The largest absolute Gasteiger partial charge is 0.497 e. The standard InChI is InChI=1S/C18H23N3O2/c1-19-8-7-15(14-19)13-18(22)21-11-9-20(10-12-21)16-3-5-17(23-2)6-4-16/h3-8,14H,9-13H2,1-2H3. The van der Waals surface area contributed by atoms with Crippen LogP contribution in [0.15, 0.2) is 42.7 Å². The molecule has 0 aliphatic carbocycles. The van der Waals surface area contributed by atoms with Gasteiger partial charge in [0.05, 0.1) is 13.5 Å². The summed E-state index contributed by atoms with van der Waals surface area (Å²) in [6.45, 7) is 3.29. The van der Waals surface area contributed by atoms with Crippen molar-refractivity contribution in [2.24, 2.45) is 7.05 Å². The lowest BCUT2D eigenvalue weighted by Crippen LogP contribution is -2.49. The molecule has 1 aromatic carbocycles. The van der Waals surface area contributed by atoms with Crippen LogP contribution in [-0.2, 0) is 18.3 Å². The van der Waals surface area contributed by atoms with E-state index in [0.29, 0.717) is 6.42 Å². The van der Waals surface area contributed by atoms with Crippen molar-refractivity contribution in [1.29, 1.82) is 0 Å². The van der Waals surface area contributed by atoms with E-state index < -0.39 is 0 Å². The van der Waals surface area contributed by atoms with Gasteiger partial charge in [-0.15, -0.1) is 0 Å². The van der Waals surface area contributed by atoms with E-state index in [1.54, 1.807) is 7.11 Å². The van der Waals surface area contributed by atoms with Gasteiger partial charge in [0, 0.05) is 51.3 Å². The van der Waals surface area contributed by atoms with Gasteiger partial charge < -0.3 is 19.1 Å². The summed E-state index contributed by atoms with van der Waals surface area (Å²) in [5, 5.41) is 0. The second-order valence-electron chi connectivity index (χ2n) is 5.93. The Labute approximate surface area is 137 Å². The number of aromatic nitrogens is 1. The summed E-state index contributed by atoms with van der Waals surface area (Å²) in [6.07, 6.45) is 4.47. The Hall–Kier alpha value is -2.43. The van der Waals surface area contributed by atoms with E-state index in [1.807, 2.05) is 47.1 Å². The Kier molecular flexibility index (Phi) is 4.55. The minimum Gasteiger partial charge on any atom is -0.497 e. The Morgan fingerprint density at radius 1 is 1.09 bits per heavy atom. The van der Waals surface area contributed by atoms with Crippen LogP contribution in [0.2, 0.25) is 0 Å². The number of carbonyl (C=O) groups is 1. The van der Waals surface area contributed by atoms with Gasteiger partial charge in [-0.2, -0.15) is 0 Å². The number of carbonyl (C=O) groups excluding carboxylic acids is 1. The molecule has 23 heavy (non-hydrogen) atoms. The van der Waals surface area contributed by atoms with Gasteiger partial charge in [0.15, 0.2) is 0 Å². The first-order valence-electron chi connectivity index (χ1n) is 7.93. The molecule has 5 nitrogen and oxygen atoms in total. The molecule has 1 aliphatic rings. The van der Waals surface area contributed by atoms with Crippen LogP contribution in [0.1, 0.15) is 5.56 Å². The van der Waals surface area contributed by atoms with Crippen LogP contribution in [0.4, 0.5) is 5.69 Å². The Bertz CT molecular complexity index is 655. The van der Waals surface area contributed by atoms with E-state index >= 15 is 0 Å². The van der Waals surface area contributed by atoms with E-state index in [0.717, 1.165) is 37.5 Å². The normalized spacial score (nSPS) is 14.9. The van der Waals surface area contributed by atoms with Crippen molar-refractivity contribution in [1.82, 2.24) is 9.47 Å². The zero-order valence-corrected chi connectivity index (χ0v) is 13.7. The van der Waals surface area contributed by atoms with E-state index in [2.05, 4.69) is 17.0 Å². The number of hydrogen-bond donors (Lipinski definition) is 0. The molecule has 1 aromatic heterocycles. The number of hydrogen-bond acceptors (Lipinski definition) is 3. The lowest BCUT2D eigenvalue weighted by molar-refractivity contribution is -0.130. The fraction of sp³-hybridized carbons (Fsp3) is 0.389. The molecule has 2 aromatic rings. The predicted molar refractivity (Wildman–Crippen MR) is 90.9 cm³/mol. The third-order valence-electron chi connectivity index (χ3n) is 4.32. The number of benzene rings is 1. The number of anilines is 1. The molecular weight excluding hydrogens is 290 g/mol. The van der Waals surface area contributed by atoms with E-state index in [4.69, 9.17) is 4.74 Å². The van der Waals surface area contributed by atoms with Crippen molar-refractivity contribution in [2.75, 3.05) is 38.2 Å². The van der Waals surface area contributed by atoms with Gasteiger partial charge in [-0.1, -0.05) is 0 Å². The molecule has 3 rings (SSSR count). The van der Waals surface area contributed by atoms with Gasteiger partial charge in [0.25, 0.3) is 0 Å². The minimum absolute atomic E-state index is 0.214. The van der Waals surface area contributed by atoms with Gasteiger partial charge >= 0.3 is 0 Å². The molecule has 0 unspecified atom stereocenters. The maximum atomic E-state index is 12.4. The van der Waals surface area contributed by atoms with E-state index in [9.17, 15) is 4.79 Å². The van der Waals surface area contributed by atoms with Crippen LogP contribution in [-0.4, -0.2) is 48.7 Å². The summed E-state index contributed by atoms with van der Waals surface area (Å²) in [6, 6.07) is 10.1. The molecule has 0 spiro atoms. The third-order valence-corrected chi connectivity index (χ3v) is 4.32.